The molecule has 4 nitrogen and oxygen atoms in total. The summed E-state index contributed by atoms with van der Waals surface area (Å²) in [5.41, 5.74) is 3.92. The maximum Gasteiger partial charge on any atom is 0.0628 e. The van der Waals surface area contributed by atoms with Crippen molar-refractivity contribution in [3.05, 3.63) is 17.0 Å². The van der Waals surface area contributed by atoms with Crippen LogP contribution in [0.15, 0.2) is 0 Å². The highest BCUT2D eigenvalue weighted by Gasteiger charge is 2.09. The molecule has 1 N–H and O–H groups in total. The normalized spacial score (nSPS) is 11.5. The van der Waals surface area contributed by atoms with Crippen molar-refractivity contribution in [1.82, 2.24) is 20.0 Å². The van der Waals surface area contributed by atoms with Crippen molar-refractivity contribution < 1.29 is 0 Å². The van der Waals surface area contributed by atoms with Crippen LogP contribution < -0.4 is 5.32 Å². The van der Waals surface area contributed by atoms with Gasteiger partial charge in [-0.1, -0.05) is 13.8 Å². The van der Waals surface area contributed by atoms with Gasteiger partial charge >= 0.3 is 0 Å². The molecule has 0 aliphatic heterocycles. The topological polar surface area (TPSA) is 33.1 Å². The van der Waals surface area contributed by atoms with Crippen molar-refractivity contribution in [2.24, 2.45) is 0 Å². The molecule has 19 heavy (non-hydrogen) atoms. The van der Waals surface area contributed by atoms with E-state index in [0.717, 1.165) is 45.7 Å². The van der Waals surface area contributed by atoms with Gasteiger partial charge in [-0.15, -0.1) is 0 Å². The third kappa shape index (κ3) is 4.62. The number of aromatic nitrogens is 2. The number of nitrogens with one attached hydrogen (secondary N) is 1. The Morgan fingerprint density at radius 1 is 1.11 bits per heavy atom. The molecule has 1 rings (SSSR count). The summed E-state index contributed by atoms with van der Waals surface area (Å²) in [4.78, 5) is 2.44. The molecule has 1 aromatic rings. The lowest BCUT2D eigenvalue weighted by Gasteiger charge is -2.17. The maximum atomic E-state index is 4.56. The third-order valence-electron chi connectivity index (χ3n) is 3.88. The second-order valence-corrected chi connectivity index (χ2v) is 4.99. The van der Waals surface area contributed by atoms with Gasteiger partial charge in [0.1, 0.15) is 0 Å². The molecule has 0 amide bonds. The average Bonchev–Trinajstić information content (AvgIpc) is 2.69. The molecule has 110 valence electrons. The van der Waals surface area contributed by atoms with Crippen LogP contribution in [0.1, 0.15) is 37.7 Å². The molecule has 0 atom stereocenters. The van der Waals surface area contributed by atoms with Gasteiger partial charge in [-0.25, -0.2) is 0 Å². The first-order valence-electron chi connectivity index (χ1n) is 7.59. The summed E-state index contributed by atoms with van der Waals surface area (Å²) < 4.78 is 2.10. The van der Waals surface area contributed by atoms with E-state index >= 15 is 0 Å². The van der Waals surface area contributed by atoms with Crippen molar-refractivity contribution in [1.29, 1.82) is 0 Å². The Balaban J connectivity index is 2.32. The second kappa shape index (κ2) is 8.33. The summed E-state index contributed by atoms with van der Waals surface area (Å²) in [7, 11) is 0. The Kier molecular flexibility index (Phi) is 7.10. The Morgan fingerprint density at radius 2 is 1.79 bits per heavy atom. The molecule has 1 aromatic heterocycles. The summed E-state index contributed by atoms with van der Waals surface area (Å²) in [6, 6.07) is 0. The van der Waals surface area contributed by atoms with Crippen LogP contribution in [-0.4, -0.2) is 47.4 Å². The molecule has 0 saturated carbocycles. The van der Waals surface area contributed by atoms with Gasteiger partial charge in [0, 0.05) is 25.3 Å². The minimum Gasteiger partial charge on any atom is -0.315 e. The first-order valence-corrected chi connectivity index (χ1v) is 7.59. The Morgan fingerprint density at radius 3 is 2.32 bits per heavy atom. The lowest BCUT2D eigenvalue weighted by atomic mass is 10.1. The van der Waals surface area contributed by atoms with Crippen molar-refractivity contribution in [2.75, 3.05) is 32.7 Å². The van der Waals surface area contributed by atoms with E-state index in [9.17, 15) is 0 Å². The minimum atomic E-state index is 0.960. The lowest BCUT2D eigenvalue weighted by Crippen LogP contribution is -2.32. The summed E-state index contributed by atoms with van der Waals surface area (Å²) in [6.07, 6.45) is 1.08. The first-order chi connectivity index (χ1) is 9.13. The van der Waals surface area contributed by atoms with Crippen molar-refractivity contribution in [3.63, 3.8) is 0 Å². The highest BCUT2D eigenvalue weighted by atomic mass is 15.3. The van der Waals surface area contributed by atoms with Crippen LogP contribution in [0.5, 0.6) is 0 Å². The fraction of sp³-hybridized carbons (Fsp3) is 0.800. The zero-order valence-corrected chi connectivity index (χ0v) is 13.3. The predicted molar refractivity (Wildman–Crippen MR) is 81.7 cm³/mol. The van der Waals surface area contributed by atoms with Gasteiger partial charge in [0.15, 0.2) is 0 Å². The highest BCUT2D eigenvalue weighted by molar-refractivity contribution is 5.24. The first kappa shape index (κ1) is 16.2. The van der Waals surface area contributed by atoms with Crippen molar-refractivity contribution >= 4 is 0 Å². The van der Waals surface area contributed by atoms with Crippen LogP contribution in [0, 0.1) is 13.8 Å². The van der Waals surface area contributed by atoms with Gasteiger partial charge in [0.05, 0.1) is 5.69 Å². The van der Waals surface area contributed by atoms with E-state index < -0.39 is 0 Å². The van der Waals surface area contributed by atoms with E-state index in [4.69, 9.17) is 0 Å². The predicted octanol–water partition coefficient (Wildman–Crippen LogP) is 1.99. The van der Waals surface area contributed by atoms with E-state index in [-0.39, 0.29) is 0 Å². The summed E-state index contributed by atoms with van der Waals surface area (Å²) in [5, 5.41) is 8.10. The smallest absolute Gasteiger partial charge is 0.0628 e. The van der Waals surface area contributed by atoms with Crippen LogP contribution in [0.4, 0.5) is 0 Å². The number of aryl methyl sites for hydroxylation is 2. The number of hydrogen-bond donors (Lipinski definition) is 1. The van der Waals surface area contributed by atoms with Gasteiger partial charge in [0.25, 0.3) is 0 Å². The monoisotopic (exact) mass is 266 g/mol. The molecule has 0 unspecified atom stereocenters. The van der Waals surface area contributed by atoms with Gasteiger partial charge in [0.2, 0.25) is 0 Å². The highest BCUT2D eigenvalue weighted by Crippen LogP contribution is 2.13. The number of hydrogen-bond acceptors (Lipinski definition) is 3. The number of likely N-dealkylation sites (N-methyl/N-ethyl adjacent to an activating group) is 1. The van der Waals surface area contributed by atoms with Gasteiger partial charge in [-0.05, 0) is 52.4 Å². The molecular formula is C15H30N4. The zero-order chi connectivity index (χ0) is 14.3. The third-order valence-corrected chi connectivity index (χ3v) is 3.88. The van der Waals surface area contributed by atoms with Crippen LogP contribution in [0.3, 0.4) is 0 Å². The van der Waals surface area contributed by atoms with Gasteiger partial charge < -0.3 is 10.2 Å². The molecule has 0 aromatic carbocycles. The molecule has 0 bridgehead atoms. The molecule has 0 aliphatic rings. The van der Waals surface area contributed by atoms with Crippen LogP contribution >= 0.6 is 0 Å². The van der Waals surface area contributed by atoms with Crippen LogP contribution in [0.25, 0.3) is 0 Å². The van der Waals surface area contributed by atoms with Crippen molar-refractivity contribution in [3.8, 4) is 0 Å². The Hall–Kier alpha value is -0.870. The molecule has 4 heteroatoms. The van der Waals surface area contributed by atoms with E-state index in [2.05, 4.69) is 54.6 Å². The van der Waals surface area contributed by atoms with Crippen molar-refractivity contribution in [2.45, 2.75) is 47.6 Å². The number of nitrogens with zero attached hydrogens (tertiary/aromatic N) is 3. The lowest BCUT2D eigenvalue weighted by molar-refractivity contribution is 0.303. The molecule has 0 spiro atoms. The molecular weight excluding hydrogens is 236 g/mol. The van der Waals surface area contributed by atoms with E-state index in [0.29, 0.717) is 0 Å². The van der Waals surface area contributed by atoms with E-state index in [1.807, 2.05) is 0 Å². The molecule has 0 saturated heterocycles. The summed E-state index contributed by atoms with van der Waals surface area (Å²) in [5.74, 6) is 0. The molecule has 1 heterocycles. The summed E-state index contributed by atoms with van der Waals surface area (Å²) in [6.45, 7) is 17.4. The minimum absolute atomic E-state index is 0.960. The van der Waals surface area contributed by atoms with Crippen LogP contribution in [0.2, 0.25) is 0 Å². The fourth-order valence-electron chi connectivity index (χ4n) is 2.52. The zero-order valence-electron chi connectivity index (χ0n) is 13.3. The summed E-state index contributed by atoms with van der Waals surface area (Å²) >= 11 is 0. The SMILES string of the molecule is CCN(CC)CCNCCc1c(C)nn(CC)c1C. The molecule has 0 radical (unpaired) electrons. The largest absolute Gasteiger partial charge is 0.315 e. The standard InChI is InChI=1S/C15H30N4/c1-6-18(7-2)12-11-16-10-9-15-13(4)17-19(8-3)14(15)5/h16H,6-12H2,1-5H3. The molecule has 0 aliphatic carbocycles. The van der Waals surface area contributed by atoms with Crippen LogP contribution in [-0.2, 0) is 13.0 Å². The fourth-order valence-corrected chi connectivity index (χ4v) is 2.52. The van der Waals surface area contributed by atoms with E-state index in [1.54, 1.807) is 0 Å². The Bertz CT molecular complexity index is 366. The van der Waals surface area contributed by atoms with Gasteiger partial charge in [-0.2, -0.15) is 5.10 Å². The molecule has 0 fully saturated rings. The Labute approximate surface area is 118 Å². The van der Waals surface area contributed by atoms with Gasteiger partial charge in [-0.3, -0.25) is 4.68 Å². The average molecular weight is 266 g/mol. The maximum absolute atomic E-state index is 4.56. The quantitative estimate of drug-likeness (QED) is 0.694. The number of rotatable bonds is 9. The second-order valence-electron chi connectivity index (χ2n) is 4.99. The van der Waals surface area contributed by atoms with E-state index in [1.165, 1.54) is 17.0 Å².